The molecule has 3 aromatic rings. The van der Waals surface area contributed by atoms with Crippen molar-refractivity contribution in [3.63, 3.8) is 0 Å². The van der Waals surface area contributed by atoms with Crippen molar-refractivity contribution in [1.29, 1.82) is 0 Å². The van der Waals surface area contributed by atoms with Gasteiger partial charge in [0.2, 0.25) is 0 Å². The number of nitrogens with zero attached hydrogens (tertiary/aromatic N) is 1. The van der Waals surface area contributed by atoms with Gasteiger partial charge in [0.25, 0.3) is 5.91 Å². The molecule has 38 heavy (non-hydrogen) atoms. The highest BCUT2D eigenvalue weighted by Gasteiger charge is 2.50. The maximum absolute atomic E-state index is 13.9. The Hall–Kier alpha value is -2.83. The van der Waals surface area contributed by atoms with Crippen LogP contribution in [-0.4, -0.2) is 34.2 Å². The van der Waals surface area contributed by atoms with Crippen molar-refractivity contribution < 1.29 is 19.1 Å². The molecule has 4 atom stereocenters. The first-order valence-electron chi connectivity index (χ1n) is 13.9. The van der Waals surface area contributed by atoms with Crippen LogP contribution in [0.4, 0.5) is 0 Å². The van der Waals surface area contributed by atoms with Crippen molar-refractivity contribution in [2.75, 3.05) is 6.54 Å². The number of halogens is 1. The summed E-state index contributed by atoms with van der Waals surface area (Å²) in [5, 5.41) is 13.1. The van der Waals surface area contributed by atoms with Crippen LogP contribution in [0.1, 0.15) is 74.6 Å². The van der Waals surface area contributed by atoms with Gasteiger partial charge in [-0.1, -0.05) is 36.6 Å². The average molecular weight is 536 g/mol. The number of ether oxygens (including phenoxy) is 1. The molecule has 2 fully saturated rings. The Bertz CT molecular complexity index is 1420. The number of hydrogen-bond acceptors (Lipinski definition) is 5. The van der Waals surface area contributed by atoms with E-state index in [-0.39, 0.29) is 23.5 Å². The Balaban J connectivity index is 1.27. The molecular weight excluding hydrogens is 502 g/mol. The third-order valence-corrected chi connectivity index (χ3v) is 9.17. The number of aryl methyl sites for hydroxylation is 1. The van der Waals surface area contributed by atoms with Crippen LogP contribution in [0.2, 0.25) is 5.02 Å². The third kappa shape index (κ3) is 4.52. The van der Waals surface area contributed by atoms with Gasteiger partial charge in [-0.15, -0.1) is 0 Å². The molecule has 1 aliphatic heterocycles. The van der Waals surface area contributed by atoms with Crippen LogP contribution in [0.25, 0.3) is 11.0 Å². The lowest BCUT2D eigenvalue weighted by molar-refractivity contribution is -0.161. The van der Waals surface area contributed by atoms with E-state index in [1.807, 2.05) is 41.3 Å². The monoisotopic (exact) mass is 535 g/mol. The average Bonchev–Trinajstić information content (AvgIpc) is 2.92. The number of carbonyl (C=O) groups is 1. The molecule has 1 saturated carbocycles. The number of rotatable bonds is 4. The van der Waals surface area contributed by atoms with E-state index in [9.17, 15) is 14.7 Å². The normalized spacial score (nSPS) is 25.9. The molecule has 6 rings (SSSR count). The van der Waals surface area contributed by atoms with E-state index in [4.69, 9.17) is 20.8 Å². The predicted molar refractivity (Wildman–Crippen MR) is 147 cm³/mol. The highest BCUT2D eigenvalue weighted by molar-refractivity contribution is 6.30. The van der Waals surface area contributed by atoms with Crippen LogP contribution in [0.5, 0.6) is 5.75 Å². The molecule has 2 heterocycles. The molecule has 0 spiro atoms. The minimum absolute atomic E-state index is 0.0385. The number of aliphatic hydroxyl groups is 1. The molecule has 0 bridgehead atoms. The molecule has 6 nitrogen and oxygen atoms in total. The molecule has 1 aromatic heterocycles. The zero-order valence-electron chi connectivity index (χ0n) is 21.7. The maximum atomic E-state index is 13.9. The minimum atomic E-state index is -0.765. The zero-order valence-corrected chi connectivity index (χ0v) is 22.5. The van der Waals surface area contributed by atoms with Crippen molar-refractivity contribution in [2.45, 2.75) is 82.5 Å². The smallest absolute Gasteiger partial charge is 0.339 e. The van der Waals surface area contributed by atoms with E-state index in [2.05, 4.69) is 0 Å². The first-order chi connectivity index (χ1) is 18.3. The summed E-state index contributed by atoms with van der Waals surface area (Å²) in [4.78, 5) is 28.3. The fourth-order valence-electron chi connectivity index (χ4n) is 6.99. The molecule has 1 amide bonds. The second kappa shape index (κ2) is 10.0. The summed E-state index contributed by atoms with van der Waals surface area (Å²) >= 11 is 6.17. The van der Waals surface area contributed by atoms with E-state index in [1.165, 1.54) is 0 Å². The van der Waals surface area contributed by atoms with Crippen molar-refractivity contribution in [1.82, 2.24) is 4.90 Å². The number of amides is 1. The maximum Gasteiger partial charge on any atom is 0.339 e. The quantitative estimate of drug-likeness (QED) is 0.415. The van der Waals surface area contributed by atoms with Gasteiger partial charge in [0.05, 0.1) is 11.6 Å². The van der Waals surface area contributed by atoms with Gasteiger partial charge in [0.15, 0.2) is 6.10 Å². The van der Waals surface area contributed by atoms with Gasteiger partial charge in [-0.05, 0) is 87.3 Å². The number of fused-ring (bicyclic) bond motifs is 4. The fraction of sp³-hybridized carbons (Fsp3) is 0.484. The summed E-state index contributed by atoms with van der Waals surface area (Å²) in [6.45, 7) is 2.22. The highest BCUT2D eigenvalue weighted by atomic mass is 35.5. The zero-order chi connectivity index (χ0) is 26.4. The number of hydrogen-bond donors (Lipinski definition) is 1. The van der Waals surface area contributed by atoms with Crippen LogP contribution in [0.15, 0.2) is 51.7 Å². The van der Waals surface area contributed by atoms with Gasteiger partial charge in [-0.2, -0.15) is 0 Å². The summed E-state index contributed by atoms with van der Waals surface area (Å²) in [6.07, 6.45) is 7.21. The molecule has 0 radical (unpaired) electrons. The molecule has 0 unspecified atom stereocenters. The van der Waals surface area contributed by atoms with E-state index in [0.29, 0.717) is 29.3 Å². The van der Waals surface area contributed by atoms with Crippen LogP contribution in [0, 0.1) is 5.92 Å². The fourth-order valence-corrected chi connectivity index (χ4v) is 7.11. The van der Waals surface area contributed by atoms with Gasteiger partial charge >= 0.3 is 5.63 Å². The molecule has 1 saturated heterocycles. The molecule has 2 aromatic carbocycles. The molecular formula is C31H34ClNO5. The number of benzene rings is 2. The molecule has 7 heteroatoms. The lowest BCUT2D eigenvalue weighted by atomic mass is 9.66. The van der Waals surface area contributed by atoms with Crippen molar-refractivity contribution in [3.05, 3.63) is 74.6 Å². The Labute approximate surface area is 227 Å². The third-order valence-electron chi connectivity index (χ3n) is 8.92. The van der Waals surface area contributed by atoms with E-state index < -0.39 is 11.7 Å². The summed E-state index contributed by atoms with van der Waals surface area (Å²) in [5.74, 6) is 0.333. The summed E-state index contributed by atoms with van der Waals surface area (Å²) in [5.41, 5.74) is 2.32. The molecule has 3 aliphatic rings. The molecule has 1 N–H and O–H groups in total. The summed E-state index contributed by atoms with van der Waals surface area (Å²) < 4.78 is 11.8. The Morgan fingerprint density at radius 1 is 1.08 bits per heavy atom. The van der Waals surface area contributed by atoms with Crippen LogP contribution < -0.4 is 10.4 Å². The predicted octanol–water partition coefficient (Wildman–Crippen LogP) is 5.99. The van der Waals surface area contributed by atoms with Gasteiger partial charge in [0.1, 0.15) is 11.3 Å². The first kappa shape index (κ1) is 25.4. The first-order valence-corrected chi connectivity index (χ1v) is 14.3. The lowest BCUT2D eigenvalue weighted by Crippen LogP contribution is -2.58. The highest BCUT2D eigenvalue weighted by Crippen LogP contribution is 2.49. The van der Waals surface area contributed by atoms with Crippen LogP contribution >= 0.6 is 11.6 Å². The second-order valence-corrected chi connectivity index (χ2v) is 11.6. The van der Waals surface area contributed by atoms with Gasteiger partial charge in [-0.3, -0.25) is 4.79 Å². The minimum Gasteiger partial charge on any atom is -0.481 e. The van der Waals surface area contributed by atoms with Gasteiger partial charge < -0.3 is 19.2 Å². The standard InChI is InChI=1S/C31H34ClNO5/c1-19(37-22-13-14-24-23-6-2-3-7-25(23)30(35)38-27(24)18-22)29(34)33-17-16-31(36)15-5-4-8-26(31)28(33)20-9-11-21(32)12-10-20/h9-14,18-19,26,28,36H,2-8,15-17H2,1H3/t19-,26+,28-,31-/m0/s1. The lowest BCUT2D eigenvalue weighted by Gasteiger charge is -2.53. The Kier molecular flexibility index (Phi) is 6.73. The van der Waals surface area contributed by atoms with Crippen LogP contribution in [0.3, 0.4) is 0 Å². The number of likely N-dealkylation sites (tertiary alicyclic amines) is 1. The van der Waals surface area contributed by atoms with Gasteiger partial charge in [-0.25, -0.2) is 4.79 Å². The van der Waals surface area contributed by atoms with Crippen molar-refractivity contribution >= 4 is 28.5 Å². The SMILES string of the molecule is C[C@H](Oc1ccc2c3c(c(=O)oc2c1)CCCC3)C(=O)N1CC[C@@]2(O)CCCC[C@@H]2[C@@H]1c1ccc(Cl)cc1. The van der Waals surface area contributed by atoms with Gasteiger partial charge in [0, 0.05) is 34.5 Å². The van der Waals surface area contributed by atoms with E-state index in [1.54, 1.807) is 13.0 Å². The van der Waals surface area contributed by atoms with E-state index in [0.717, 1.165) is 73.4 Å². The Morgan fingerprint density at radius 3 is 2.63 bits per heavy atom. The van der Waals surface area contributed by atoms with Crippen molar-refractivity contribution in [3.8, 4) is 5.75 Å². The van der Waals surface area contributed by atoms with E-state index >= 15 is 0 Å². The summed E-state index contributed by atoms with van der Waals surface area (Å²) in [7, 11) is 0. The molecule has 200 valence electrons. The summed E-state index contributed by atoms with van der Waals surface area (Å²) in [6, 6.07) is 12.9. The second-order valence-electron chi connectivity index (χ2n) is 11.2. The number of piperidine rings is 1. The molecule has 2 aliphatic carbocycles. The van der Waals surface area contributed by atoms with Crippen LogP contribution in [-0.2, 0) is 17.6 Å². The topological polar surface area (TPSA) is 80.0 Å². The number of carbonyl (C=O) groups excluding carboxylic acids is 1. The van der Waals surface area contributed by atoms with Crippen molar-refractivity contribution in [2.24, 2.45) is 5.92 Å². The Morgan fingerprint density at radius 2 is 1.84 bits per heavy atom. The largest absolute Gasteiger partial charge is 0.481 e.